The molecule has 14 nitrogen and oxygen atoms in total. The maximum atomic E-state index is 13.6. The second-order valence-corrected chi connectivity index (χ2v) is 18.2. The van der Waals surface area contributed by atoms with Gasteiger partial charge in [0.15, 0.2) is 0 Å². The molecule has 0 bridgehead atoms. The standard InChI is InChI=1S/C39H53N7O7S/c1-39(2,3)53-38(50)40-29-13-17-45(18-14-29)54(51,52)32-6-4-5-30(24-32)44-21-19-42(20-22-44)25-27-11-15-43(16-12-27)31-7-8-33-28(23-31)26-46(37(33)49)34-9-10-35(47)41-36(34)48/h4-8,23-24,27,29,34H,9-22,25-26H2,1-3H3,(H,40,50)(H,41,47,48). The Hall–Kier alpha value is -4.21. The Kier molecular flexibility index (Phi) is 10.9. The quantitative estimate of drug-likeness (QED) is 0.384. The van der Waals surface area contributed by atoms with Crippen LogP contribution in [0.4, 0.5) is 16.2 Å². The number of rotatable bonds is 8. The van der Waals surface area contributed by atoms with E-state index in [-0.39, 0.29) is 24.3 Å². The Labute approximate surface area is 318 Å². The van der Waals surface area contributed by atoms with Gasteiger partial charge in [0.2, 0.25) is 21.8 Å². The van der Waals surface area contributed by atoms with Crippen molar-refractivity contribution in [3.8, 4) is 0 Å². The highest BCUT2D eigenvalue weighted by molar-refractivity contribution is 7.89. The van der Waals surface area contributed by atoms with Gasteiger partial charge in [0.1, 0.15) is 11.6 Å². The Morgan fingerprint density at radius 1 is 0.852 bits per heavy atom. The third-order valence-corrected chi connectivity index (χ3v) is 13.3. The number of piperazine rings is 1. The van der Waals surface area contributed by atoms with E-state index in [1.54, 1.807) is 17.0 Å². The number of carbonyl (C=O) groups is 4. The van der Waals surface area contributed by atoms with Gasteiger partial charge in [0, 0.05) is 94.8 Å². The maximum Gasteiger partial charge on any atom is 0.407 e. The molecule has 0 saturated carbocycles. The highest BCUT2D eigenvalue weighted by atomic mass is 32.2. The molecule has 2 aromatic rings. The van der Waals surface area contributed by atoms with Crippen LogP contribution in [0.3, 0.4) is 0 Å². The van der Waals surface area contributed by atoms with Crippen molar-refractivity contribution in [2.75, 3.05) is 68.7 Å². The molecule has 292 valence electrons. The summed E-state index contributed by atoms with van der Waals surface area (Å²) in [6.45, 7) is 12.9. The summed E-state index contributed by atoms with van der Waals surface area (Å²) in [6, 6.07) is 12.5. The van der Waals surface area contributed by atoms with Gasteiger partial charge in [-0.3, -0.25) is 24.6 Å². The molecule has 4 saturated heterocycles. The second-order valence-electron chi connectivity index (χ2n) is 16.3. The van der Waals surface area contributed by atoms with Crippen molar-refractivity contribution < 1.29 is 32.3 Å². The van der Waals surface area contributed by atoms with E-state index in [4.69, 9.17) is 4.74 Å². The van der Waals surface area contributed by atoms with Gasteiger partial charge in [-0.25, -0.2) is 13.2 Å². The minimum Gasteiger partial charge on any atom is -0.444 e. The van der Waals surface area contributed by atoms with Crippen LogP contribution in [-0.4, -0.2) is 123 Å². The number of hydrogen-bond acceptors (Lipinski definition) is 10. The summed E-state index contributed by atoms with van der Waals surface area (Å²) in [4.78, 5) is 58.4. The van der Waals surface area contributed by atoms with Gasteiger partial charge in [-0.2, -0.15) is 4.31 Å². The number of carbonyl (C=O) groups excluding carboxylic acids is 4. The van der Waals surface area contributed by atoms with E-state index in [9.17, 15) is 27.6 Å². The molecule has 5 aliphatic rings. The fraction of sp³-hybridized carbons (Fsp3) is 0.590. The summed E-state index contributed by atoms with van der Waals surface area (Å²) in [6.07, 6.45) is 3.34. The van der Waals surface area contributed by atoms with Gasteiger partial charge < -0.3 is 24.8 Å². The molecule has 54 heavy (non-hydrogen) atoms. The minimum atomic E-state index is -3.67. The van der Waals surface area contributed by atoms with Crippen molar-refractivity contribution in [2.45, 2.75) is 88.4 Å². The molecular weight excluding hydrogens is 711 g/mol. The predicted octanol–water partition coefficient (Wildman–Crippen LogP) is 3.16. The fourth-order valence-electron chi connectivity index (χ4n) is 8.39. The molecule has 2 N–H and O–H groups in total. The van der Waals surface area contributed by atoms with Crippen molar-refractivity contribution in [1.82, 2.24) is 24.7 Å². The Morgan fingerprint density at radius 2 is 1.54 bits per heavy atom. The number of nitrogens with zero attached hydrogens (tertiary/aromatic N) is 5. The number of hydrogen-bond donors (Lipinski definition) is 2. The first-order chi connectivity index (χ1) is 25.7. The molecule has 2 aromatic carbocycles. The summed E-state index contributed by atoms with van der Waals surface area (Å²) in [5.41, 5.74) is 3.00. The monoisotopic (exact) mass is 763 g/mol. The minimum absolute atomic E-state index is 0.124. The van der Waals surface area contributed by atoms with E-state index in [1.807, 2.05) is 45.0 Å². The molecule has 5 aliphatic heterocycles. The van der Waals surface area contributed by atoms with Crippen LogP contribution in [0.1, 0.15) is 75.2 Å². The number of benzene rings is 2. The predicted molar refractivity (Wildman–Crippen MR) is 204 cm³/mol. The first-order valence-corrected chi connectivity index (χ1v) is 20.8. The highest BCUT2D eigenvalue weighted by Gasteiger charge is 2.39. The number of amides is 4. The number of sulfonamides is 1. The van der Waals surface area contributed by atoms with Crippen LogP contribution in [-0.2, 0) is 30.9 Å². The molecule has 5 heterocycles. The van der Waals surface area contributed by atoms with Gasteiger partial charge in [-0.1, -0.05) is 6.07 Å². The van der Waals surface area contributed by atoms with Crippen molar-refractivity contribution in [2.24, 2.45) is 5.92 Å². The van der Waals surface area contributed by atoms with E-state index in [0.717, 1.165) is 75.6 Å². The van der Waals surface area contributed by atoms with E-state index in [0.29, 0.717) is 55.3 Å². The second kappa shape index (κ2) is 15.5. The normalized spacial score (nSPS) is 22.7. The zero-order chi connectivity index (χ0) is 38.2. The van der Waals surface area contributed by atoms with E-state index >= 15 is 0 Å². The first kappa shape index (κ1) is 38.1. The summed E-state index contributed by atoms with van der Waals surface area (Å²) in [7, 11) is -3.67. The number of ether oxygens (including phenoxy) is 1. The van der Waals surface area contributed by atoms with Crippen LogP contribution in [0.25, 0.3) is 0 Å². The van der Waals surface area contributed by atoms with Crippen LogP contribution >= 0.6 is 0 Å². The molecule has 1 unspecified atom stereocenters. The third kappa shape index (κ3) is 8.52. The lowest BCUT2D eigenvalue weighted by Gasteiger charge is -2.40. The highest BCUT2D eigenvalue weighted by Crippen LogP contribution is 2.33. The van der Waals surface area contributed by atoms with E-state index < -0.39 is 33.7 Å². The molecule has 0 spiro atoms. The van der Waals surface area contributed by atoms with Gasteiger partial charge in [0.25, 0.3) is 5.91 Å². The molecular formula is C39H53N7O7S. The van der Waals surface area contributed by atoms with Crippen molar-refractivity contribution in [1.29, 1.82) is 0 Å². The fourth-order valence-corrected chi connectivity index (χ4v) is 9.90. The number of piperidine rings is 3. The molecule has 0 aliphatic carbocycles. The van der Waals surface area contributed by atoms with Crippen LogP contribution in [0.5, 0.6) is 0 Å². The number of imide groups is 1. The number of nitrogens with one attached hydrogen (secondary N) is 2. The SMILES string of the molecule is CC(C)(C)OC(=O)NC1CCN(S(=O)(=O)c2cccc(N3CCN(CC4CCN(c5ccc6c(c5)CN(C5CCC(=O)NC5=O)C6=O)CC4)CC3)c2)CC1. The maximum absolute atomic E-state index is 13.6. The average molecular weight is 764 g/mol. The van der Waals surface area contributed by atoms with Crippen molar-refractivity contribution in [3.05, 3.63) is 53.6 Å². The molecule has 7 rings (SSSR count). The first-order valence-electron chi connectivity index (χ1n) is 19.3. The topological polar surface area (TPSA) is 152 Å². The third-order valence-electron chi connectivity index (χ3n) is 11.4. The van der Waals surface area contributed by atoms with Crippen molar-refractivity contribution >= 4 is 45.2 Å². The Morgan fingerprint density at radius 3 is 2.22 bits per heavy atom. The Balaban J connectivity index is 0.859. The number of alkyl carbamates (subject to hydrolysis) is 1. The number of anilines is 2. The lowest BCUT2D eigenvalue weighted by Crippen LogP contribution is -2.52. The van der Waals surface area contributed by atoms with Crippen molar-refractivity contribution in [3.63, 3.8) is 0 Å². The van der Waals surface area contributed by atoms with Crippen LogP contribution < -0.4 is 20.4 Å². The molecule has 4 amide bonds. The van der Waals surface area contributed by atoms with Gasteiger partial charge in [0.05, 0.1) is 4.90 Å². The summed E-state index contributed by atoms with van der Waals surface area (Å²) >= 11 is 0. The van der Waals surface area contributed by atoms with Gasteiger partial charge >= 0.3 is 6.09 Å². The smallest absolute Gasteiger partial charge is 0.407 e. The number of fused-ring (bicyclic) bond motifs is 1. The molecule has 1 atom stereocenters. The largest absolute Gasteiger partial charge is 0.444 e. The summed E-state index contributed by atoms with van der Waals surface area (Å²) in [5, 5.41) is 5.24. The van der Waals surface area contributed by atoms with E-state index in [1.165, 1.54) is 4.31 Å². The molecule has 0 aromatic heterocycles. The lowest BCUT2D eigenvalue weighted by atomic mass is 9.95. The van der Waals surface area contributed by atoms with Crippen LogP contribution in [0.2, 0.25) is 0 Å². The zero-order valence-electron chi connectivity index (χ0n) is 31.6. The molecule has 4 fully saturated rings. The summed E-state index contributed by atoms with van der Waals surface area (Å²) < 4.78 is 34.1. The Bertz CT molecular complexity index is 1860. The lowest BCUT2D eigenvalue weighted by molar-refractivity contribution is -0.136. The molecule has 15 heteroatoms. The van der Waals surface area contributed by atoms with Crippen LogP contribution in [0.15, 0.2) is 47.4 Å². The van der Waals surface area contributed by atoms with Crippen LogP contribution in [0, 0.1) is 5.92 Å². The van der Waals surface area contributed by atoms with Gasteiger partial charge in [-0.05, 0) is 101 Å². The van der Waals surface area contributed by atoms with E-state index in [2.05, 4.69) is 31.4 Å². The average Bonchev–Trinajstić information content (AvgIpc) is 3.46. The zero-order valence-corrected chi connectivity index (χ0v) is 32.4. The summed E-state index contributed by atoms with van der Waals surface area (Å²) in [5.74, 6) is -0.239. The van der Waals surface area contributed by atoms with Gasteiger partial charge in [-0.15, -0.1) is 0 Å². The molecule has 0 radical (unpaired) electrons.